The molecule has 186 valence electrons. The molecule has 1 atom stereocenters. The van der Waals surface area contributed by atoms with E-state index in [2.05, 4.69) is 20.6 Å². The van der Waals surface area contributed by atoms with E-state index >= 15 is 0 Å². The van der Waals surface area contributed by atoms with Gasteiger partial charge in [-0.1, -0.05) is 18.2 Å². The normalized spacial score (nSPS) is 14.4. The van der Waals surface area contributed by atoms with Gasteiger partial charge in [-0.25, -0.2) is 24.1 Å². The Hall–Kier alpha value is -4.31. The number of ether oxygens (including phenoxy) is 2. The molecule has 0 fully saturated rings. The Labute approximate surface area is 215 Å². The minimum atomic E-state index is -0.464. The number of halogens is 1. The fraction of sp³-hybridized carbons (Fsp3) is 0.185. The first-order chi connectivity index (χ1) is 18.0. The molecule has 37 heavy (non-hydrogen) atoms. The third-order valence-electron chi connectivity index (χ3n) is 6.13. The van der Waals surface area contributed by atoms with Crippen LogP contribution < -0.4 is 20.1 Å². The van der Waals surface area contributed by atoms with Crippen molar-refractivity contribution >= 4 is 44.3 Å². The summed E-state index contributed by atoms with van der Waals surface area (Å²) in [6, 6.07) is 14.2. The van der Waals surface area contributed by atoms with Gasteiger partial charge in [-0.05, 0) is 36.8 Å². The second kappa shape index (κ2) is 9.29. The van der Waals surface area contributed by atoms with Gasteiger partial charge in [0.05, 0.1) is 41.1 Å². The number of nitrogens with zero attached hydrogens (tertiary/aromatic N) is 3. The number of thiazole rings is 1. The van der Waals surface area contributed by atoms with E-state index in [1.807, 2.05) is 37.3 Å². The topological polar surface area (TPSA) is 98.3 Å². The van der Waals surface area contributed by atoms with Gasteiger partial charge in [0, 0.05) is 29.3 Å². The molecule has 6 rings (SSSR count). The van der Waals surface area contributed by atoms with Crippen molar-refractivity contribution in [3.8, 4) is 22.2 Å². The summed E-state index contributed by atoms with van der Waals surface area (Å²) >= 11 is 1.47. The lowest BCUT2D eigenvalue weighted by atomic mass is 10.1. The summed E-state index contributed by atoms with van der Waals surface area (Å²) in [5, 5.41) is 6.30. The van der Waals surface area contributed by atoms with Crippen molar-refractivity contribution in [3.63, 3.8) is 0 Å². The number of methoxy groups -OCH3 is 1. The standard InChI is InChI=1S/C27H22FN5O3S/c1-14-8-17(23-20(9-14)32-22(35-2)13-29-23)26-33-21-11-19(28)24-18(25(21)37-26)10-16(36-24)12-30-27(34)31-15-6-4-3-5-7-15/h3-9,11,13,16H,10,12H2,1-2H3,(H2,30,31,34)/t16-/m0/s1. The second-order valence-electron chi connectivity index (χ2n) is 8.77. The highest BCUT2D eigenvalue weighted by molar-refractivity contribution is 7.22. The Balaban J connectivity index is 1.27. The lowest BCUT2D eigenvalue weighted by molar-refractivity contribution is 0.214. The summed E-state index contributed by atoms with van der Waals surface area (Å²) < 4.78 is 27.0. The molecule has 0 saturated heterocycles. The molecule has 2 N–H and O–H groups in total. The van der Waals surface area contributed by atoms with Crippen LogP contribution in [0.2, 0.25) is 0 Å². The maximum atomic E-state index is 15.0. The van der Waals surface area contributed by atoms with E-state index in [1.54, 1.807) is 25.4 Å². The molecule has 2 amide bonds. The van der Waals surface area contributed by atoms with Crippen molar-refractivity contribution in [1.82, 2.24) is 20.3 Å². The van der Waals surface area contributed by atoms with Crippen LogP contribution in [0.25, 0.3) is 31.8 Å². The van der Waals surface area contributed by atoms with Crippen LogP contribution in [0.3, 0.4) is 0 Å². The summed E-state index contributed by atoms with van der Waals surface area (Å²) in [6.07, 6.45) is 1.65. The molecular formula is C27H22FN5O3S. The van der Waals surface area contributed by atoms with Gasteiger partial charge in [0.1, 0.15) is 11.1 Å². The van der Waals surface area contributed by atoms with Crippen molar-refractivity contribution in [3.05, 3.63) is 71.7 Å². The number of anilines is 1. The number of urea groups is 1. The third kappa shape index (κ3) is 4.40. The highest BCUT2D eigenvalue weighted by Crippen LogP contribution is 2.43. The quantitative estimate of drug-likeness (QED) is 0.321. The zero-order chi connectivity index (χ0) is 25.5. The van der Waals surface area contributed by atoms with Crippen LogP contribution in [0.4, 0.5) is 14.9 Å². The van der Waals surface area contributed by atoms with E-state index in [9.17, 15) is 9.18 Å². The lowest BCUT2D eigenvalue weighted by Crippen LogP contribution is -2.37. The maximum absolute atomic E-state index is 15.0. The number of aromatic nitrogens is 3. The molecule has 0 bridgehead atoms. The number of para-hydroxylation sites is 1. The number of carbonyl (C=O) groups excluding carboxylic acids is 1. The van der Waals surface area contributed by atoms with Crippen molar-refractivity contribution in [2.75, 3.05) is 19.0 Å². The van der Waals surface area contributed by atoms with Crippen molar-refractivity contribution < 1.29 is 18.7 Å². The summed E-state index contributed by atoms with van der Waals surface area (Å²) in [5.41, 5.74) is 5.25. The van der Waals surface area contributed by atoms with Crippen molar-refractivity contribution in [1.29, 1.82) is 0 Å². The smallest absolute Gasteiger partial charge is 0.319 e. The van der Waals surface area contributed by atoms with E-state index in [1.165, 1.54) is 17.4 Å². The molecule has 5 aromatic rings. The fourth-order valence-electron chi connectivity index (χ4n) is 4.47. The number of hydrogen-bond donors (Lipinski definition) is 2. The largest absolute Gasteiger partial charge is 0.485 e. The van der Waals surface area contributed by atoms with Crippen LogP contribution in [-0.4, -0.2) is 40.7 Å². The number of aryl methyl sites for hydroxylation is 1. The molecule has 1 aliphatic heterocycles. The number of benzene rings is 3. The first-order valence-corrected chi connectivity index (χ1v) is 12.5. The van der Waals surface area contributed by atoms with Gasteiger partial charge in [-0.15, -0.1) is 11.3 Å². The molecule has 2 aromatic heterocycles. The van der Waals surface area contributed by atoms with E-state index in [0.29, 0.717) is 34.5 Å². The molecule has 1 aliphatic rings. The molecule has 0 unspecified atom stereocenters. The fourth-order valence-corrected chi connectivity index (χ4v) is 5.58. The maximum Gasteiger partial charge on any atom is 0.319 e. The molecule has 0 saturated carbocycles. The number of amides is 2. The van der Waals surface area contributed by atoms with Crippen LogP contribution in [0.1, 0.15) is 11.1 Å². The van der Waals surface area contributed by atoms with Gasteiger partial charge in [-0.2, -0.15) is 0 Å². The molecule has 0 spiro atoms. The summed E-state index contributed by atoms with van der Waals surface area (Å²) in [4.78, 5) is 26.1. The predicted octanol–water partition coefficient (Wildman–Crippen LogP) is 5.49. The molecular weight excluding hydrogens is 493 g/mol. The van der Waals surface area contributed by atoms with Crippen LogP contribution in [0.5, 0.6) is 11.6 Å². The number of carbonyl (C=O) groups is 1. The number of fused-ring (bicyclic) bond motifs is 4. The van der Waals surface area contributed by atoms with E-state index < -0.39 is 5.82 Å². The first-order valence-electron chi connectivity index (χ1n) is 11.7. The van der Waals surface area contributed by atoms with Crippen LogP contribution in [0.15, 0.2) is 54.7 Å². The minimum Gasteiger partial charge on any atom is -0.485 e. The monoisotopic (exact) mass is 515 g/mol. The van der Waals surface area contributed by atoms with Crippen LogP contribution in [-0.2, 0) is 6.42 Å². The average Bonchev–Trinajstić information content (AvgIpc) is 3.52. The van der Waals surface area contributed by atoms with Crippen molar-refractivity contribution in [2.45, 2.75) is 19.4 Å². The van der Waals surface area contributed by atoms with Crippen LogP contribution >= 0.6 is 11.3 Å². The van der Waals surface area contributed by atoms with Crippen LogP contribution in [0, 0.1) is 12.7 Å². The second-order valence-corrected chi connectivity index (χ2v) is 9.77. The molecule has 3 aromatic carbocycles. The van der Waals surface area contributed by atoms with Gasteiger partial charge in [0.25, 0.3) is 0 Å². The van der Waals surface area contributed by atoms with Crippen molar-refractivity contribution in [2.24, 2.45) is 0 Å². The highest BCUT2D eigenvalue weighted by Gasteiger charge is 2.30. The number of rotatable bonds is 5. The summed E-state index contributed by atoms with van der Waals surface area (Å²) in [6.45, 7) is 2.22. The minimum absolute atomic E-state index is 0.219. The van der Waals surface area contributed by atoms with E-state index in [-0.39, 0.29) is 24.4 Å². The highest BCUT2D eigenvalue weighted by atomic mass is 32.1. The molecule has 0 radical (unpaired) electrons. The summed E-state index contributed by atoms with van der Waals surface area (Å²) in [7, 11) is 1.55. The Bertz CT molecular complexity index is 1660. The first kappa shape index (κ1) is 23.1. The zero-order valence-electron chi connectivity index (χ0n) is 20.0. The zero-order valence-corrected chi connectivity index (χ0v) is 20.9. The SMILES string of the molecule is COc1cnc2c(-c3nc4cc(F)c5c(c4s3)C[C@@H](CNC(=O)Nc3ccccc3)O5)cc(C)cc2n1. The Morgan fingerprint density at radius 2 is 2.03 bits per heavy atom. The van der Waals surface area contributed by atoms with Gasteiger partial charge < -0.3 is 20.1 Å². The van der Waals surface area contributed by atoms with Gasteiger partial charge in [-0.3, -0.25) is 0 Å². The van der Waals surface area contributed by atoms with Gasteiger partial charge in [0.15, 0.2) is 11.6 Å². The lowest BCUT2D eigenvalue weighted by Gasteiger charge is -2.12. The Kier molecular flexibility index (Phi) is 5.80. The Morgan fingerprint density at radius 3 is 2.84 bits per heavy atom. The third-order valence-corrected chi connectivity index (χ3v) is 7.29. The van der Waals surface area contributed by atoms with Gasteiger partial charge in [0.2, 0.25) is 5.88 Å². The average molecular weight is 516 g/mol. The number of nitrogens with one attached hydrogen (secondary N) is 2. The molecule has 10 heteroatoms. The predicted molar refractivity (Wildman–Crippen MR) is 141 cm³/mol. The van der Waals surface area contributed by atoms with E-state index in [4.69, 9.17) is 14.5 Å². The van der Waals surface area contributed by atoms with E-state index in [0.717, 1.165) is 26.4 Å². The summed E-state index contributed by atoms with van der Waals surface area (Å²) in [5.74, 6) is 0.188. The van der Waals surface area contributed by atoms with Gasteiger partial charge >= 0.3 is 6.03 Å². The molecule has 8 nitrogen and oxygen atoms in total. The molecule has 3 heterocycles. The number of hydrogen-bond acceptors (Lipinski definition) is 7. The Morgan fingerprint density at radius 1 is 1.19 bits per heavy atom. The molecule has 0 aliphatic carbocycles.